The van der Waals surface area contributed by atoms with Gasteiger partial charge in [-0.05, 0) is 52.6 Å². The predicted molar refractivity (Wildman–Crippen MR) is 92.6 cm³/mol. The molecule has 0 saturated heterocycles. The Morgan fingerprint density at radius 2 is 1.80 bits per heavy atom. The lowest BCUT2D eigenvalue weighted by atomic mass is 10.1. The lowest BCUT2D eigenvalue weighted by Crippen LogP contribution is -2.25. The second-order valence-corrected chi connectivity index (χ2v) is 8.72. The number of rotatable bonds is 2. The van der Waals surface area contributed by atoms with Crippen LogP contribution >= 0.6 is 31.9 Å². The number of nitrogens with zero attached hydrogens (tertiary/aromatic N) is 2. The monoisotopic (exact) mass is 416 g/mol. The van der Waals surface area contributed by atoms with Gasteiger partial charge in [-0.25, -0.2) is 4.98 Å². The summed E-state index contributed by atoms with van der Waals surface area (Å²) in [5, 5.41) is 2.06. The molecule has 0 radical (unpaired) electrons. The van der Waals surface area contributed by atoms with E-state index in [4.69, 9.17) is 0 Å². The largest absolute Gasteiger partial charge is 0.591 e. The summed E-state index contributed by atoms with van der Waals surface area (Å²) in [4.78, 5) is 4.44. The van der Waals surface area contributed by atoms with Gasteiger partial charge in [-0.3, -0.25) is 0 Å². The summed E-state index contributed by atoms with van der Waals surface area (Å²) >= 11 is 5.71. The molecule has 0 aliphatic rings. The van der Waals surface area contributed by atoms with Crippen LogP contribution in [0.15, 0.2) is 37.7 Å². The Bertz CT molecular complexity index is 668. The molecule has 0 unspecified atom stereocenters. The number of fused-ring (bicyclic) bond motifs is 1. The van der Waals surface area contributed by atoms with Crippen molar-refractivity contribution < 1.29 is 4.55 Å². The van der Waals surface area contributed by atoms with Gasteiger partial charge in [0.1, 0.15) is 32.6 Å². The summed E-state index contributed by atoms with van der Waals surface area (Å²) in [6, 6.07) is 7.92. The fraction of sp³-hybridized carbons (Fsp3) is 0.286. The van der Waals surface area contributed by atoms with Gasteiger partial charge in [-0.2, -0.15) is 0 Å². The fourth-order valence-electron chi connectivity index (χ4n) is 1.55. The highest BCUT2D eigenvalue weighted by Gasteiger charge is 2.26. The summed E-state index contributed by atoms with van der Waals surface area (Å²) in [5.41, 5.74) is 0.660. The molecule has 0 aliphatic carbocycles. The van der Waals surface area contributed by atoms with Gasteiger partial charge in [-0.15, -0.1) is 0 Å². The fourth-order valence-corrected chi connectivity index (χ4v) is 3.13. The highest BCUT2D eigenvalue weighted by atomic mass is 79.9. The number of halogens is 2. The lowest BCUT2D eigenvalue weighted by molar-refractivity contribution is 0.562. The summed E-state index contributed by atoms with van der Waals surface area (Å²) in [5.74, 6) is 0. The molecule has 0 N–H and O–H groups in total. The first-order chi connectivity index (χ1) is 9.30. The zero-order valence-corrected chi connectivity index (χ0v) is 15.3. The van der Waals surface area contributed by atoms with Crippen molar-refractivity contribution in [3.8, 4) is 0 Å². The van der Waals surface area contributed by atoms with Gasteiger partial charge in [0.05, 0.1) is 4.47 Å². The number of pyridine rings is 1. The first-order valence-corrected chi connectivity index (χ1v) is 8.70. The Labute approximate surface area is 138 Å². The molecule has 2 aromatic rings. The summed E-state index contributed by atoms with van der Waals surface area (Å²) in [7, 11) is 0. The maximum atomic E-state index is 12.0. The van der Waals surface area contributed by atoms with E-state index in [1.807, 2.05) is 45.0 Å². The maximum absolute atomic E-state index is 12.0. The zero-order chi connectivity index (χ0) is 14.9. The van der Waals surface area contributed by atoms with Gasteiger partial charge < -0.3 is 4.55 Å². The molecule has 0 fully saturated rings. The Balaban J connectivity index is 2.46. The molecule has 106 valence electrons. The van der Waals surface area contributed by atoms with Crippen LogP contribution < -0.4 is 0 Å². The van der Waals surface area contributed by atoms with Crippen LogP contribution in [0.25, 0.3) is 10.8 Å². The lowest BCUT2D eigenvalue weighted by Gasteiger charge is -2.17. The van der Waals surface area contributed by atoms with E-state index in [1.165, 1.54) is 0 Å². The minimum atomic E-state index is -1.29. The Morgan fingerprint density at radius 3 is 2.40 bits per heavy atom. The summed E-state index contributed by atoms with van der Waals surface area (Å²) in [6.45, 7) is 5.66. The van der Waals surface area contributed by atoms with Crippen molar-refractivity contribution in [1.82, 2.24) is 4.98 Å². The van der Waals surface area contributed by atoms with Gasteiger partial charge in [0.15, 0.2) is 0 Å². The smallest absolute Gasteiger partial charge is 0.144 e. The Kier molecular flexibility index (Phi) is 4.89. The van der Waals surface area contributed by atoms with Crippen molar-refractivity contribution in [2.45, 2.75) is 25.5 Å². The molecule has 0 aliphatic heterocycles. The van der Waals surface area contributed by atoms with Crippen molar-refractivity contribution in [2.75, 3.05) is 0 Å². The van der Waals surface area contributed by atoms with Crippen LogP contribution in [0.1, 0.15) is 26.5 Å². The molecule has 0 saturated carbocycles. The molecule has 1 aromatic carbocycles. The first-order valence-electron chi connectivity index (χ1n) is 6.00. The highest BCUT2D eigenvalue weighted by Crippen LogP contribution is 2.30. The highest BCUT2D eigenvalue weighted by molar-refractivity contribution is 9.11. The third-order valence-electron chi connectivity index (χ3n) is 2.62. The molecule has 0 bridgehead atoms. The standard InChI is InChI=1S/C14H14Br2N2OS/c1-14(2,3)20(19)17-8-11-12(15)9-6-4-5-7-10(9)13(16)18-11/h4-8H,1-3H3/b17-8-/t20-/m0/s1. The van der Waals surface area contributed by atoms with Gasteiger partial charge in [0.2, 0.25) is 0 Å². The molecule has 1 heterocycles. The van der Waals surface area contributed by atoms with Crippen molar-refractivity contribution in [2.24, 2.45) is 4.40 Å². The van der Waals surface area contributed by atoms with Crippen LogP contribution in [-0.4, -0.2) is 20.5 Å². The van der Waals surface area contributed by atoms with Crippen LogP contribution in [0.2, 0.25) is 0 Å². The minimum Gasteiger partial charge on any atom is -0.591 e. The summed E-state index contributed by atoms with van der Waals surface area (Å²) < 4.78 is 17.3. The van der Waals surface area contributed by atoms with Gasteiger partial charge in [0, 0.05) is 10.8 Å². The van der Waals surface area contributed by atoms with Gasteiger partial charge in [-0.1, -0.05) is 28.7 Å². The van der Waals surface area contributed by atoms with E-state index < -0.39 is 11.4 Å². The Hall–Kier alpha value is -0.430. The topological polar surface area (TPSA) is 48.3 Å². The van der Waals surface area contributed by atoms with E-state index >= 15 is 0 Å². The minimum absolute atomic E-state index is 0.378. The van der Waals surface area contributed by atoms with Gasteiger partial charge >= 0.3 is 0 Å². The van der Waals surface area contributed by atoms with Crippen LogP contribution in [0.3, 0.4) is 0 Å². The van der Waals surface area contributed by atoms with Gasteiger partial charge in [0.25, 0.3) is 0 Å². The van der Waals surface area contributed by atoms with E-state index in [2.05, 4.69) is 41.2 Å². The molecule has 1 aromatic heterocycles. The molecule has 20 heavy (non-hydrogen) atoms. The summed E-state index contributed by atoms with van der Waals surface area (Å²) in [6.07, 6.45) is 1.56. The quantitative estimate of drug-likeness (QED) is 0.406. The van der Waals surface area contributed by atoms with Crippen LogP contribution in [-0.2, 0) is 11.4 Å². The van der Waals surface area contributed by atoms with Crippen LogP contribution in [0, 0.1) is 0 Å². The SMILES string of the molecule is CC(C)(C)[S@+]([O-])/N=C\c1nc(Br)c2ccccc2c1Br. The van der Waals surface area contributed by atoms with E-state index in [1.54, 1.807) is 6.21 Å². The zero-order valence-electron chi connectivity index (χ0n) is 11.4. The molecule has 6 heteroatoms. The number of aromatic nitrogens is 1. The third-order valence-corrected chi connectivity index (χ3v) is 5.41. The number of hydrogen-bond donors (Lipinski definition) is 0. The van der Waals surface area contributed by atoms with Crippen molar-refractivity contribution in [1.29, 1.82) is 0 Å². The first kappa shape index (κ1) is 15.9. The maximum Gasteiger partial charge on any atom is 0.144 e. The van der Waals surface area contributed by atoms with Crippen molar-refractivity contribution in [3.05, 3.63) is 39.0 Å². The molecule has 0 amide bonds. The molecule has 2 rings (SSSR count). The normalized spacial score (nSPS) is 14.1. The Morgan fingerprint density at radius 1 is 1.20 bits per heavy atom. The third kappa shape index (κ3) is 3.42. The average Bonchev–Trinajstić information content (AvgIpc) is 2.40. The average molecular weight is 418 g/mol. The van der Waals surface area contributed by atoms with Crippen molar-refractivity contribution >= 4 is 60.2 Å². The number of hydrogen-bond acceptors (Lipinski definition) is 3. The predicted octanol–water partition coefficient (Wildman–Crippen LogP) is 4.64. The van der Waals surface area contributed by atoms with E-state index in [-0.39, 0.29) is 4.75 Å². The molecular formula is C14H14Br2N2OS. The van der Waals surface area contributed by atoms with Crippen LogP contribution in [0.5, 0.6) is 0 Å². The van der Waals surface area contributed by atoms with Crippen LogP contribution in [0.4, 0.5) is 0 Å². The number of benzene rings is 1. The molecule has 0 spiro atoms. The van der Waals surface area contributed by atoms with E-state index in [0.717, 1.165) is 19.8 Å². The van der Waals surface area contributed by atoms with E-state index in [0.29, 0.717) is 5.69 Å². The molecule has 1 atom stereocenters. The van der Waals surface area contributed by atoms with Crippen molar-refractivity contribution in [3.63, 3.8) is 0 Å². The molecule has 3 nitrogen and oxygen atoms in total. The van der Waals surface area contributed by atoms with E-state index in [9.17, 15) is 4.55 Å². The second-order valence-electron chi connectivity index (χ2n) is 5.24. The molecular weight excluding hydrogens is 404 g/mol. The second kappa shape index (κ2) is 6.13.